The monoisotopic (exact) mass is 367 g/mol. The molecule has 2 rings (SSSR count). The second-order valence-electron chi connectivity index (χ2n) is 5.59. The predicted octanol–water partition coefficient (Wildman–Crippen LogP) is 4.58. The predicted molar refractivity (Wildman–Crippen MR) is 91.3 cm³/mol. The van der Waals surface area contributed by atoms with Gasteiger partial charge < -0.3 is 5.32 Å². The van der Waals surface area contributed by atoms with Gasteiger partial charge in [-0.2, -0.15) is 5.10 Å². The van der Waals surface area contributed by atoms with Crippen molar-refractivity contribution in [3.63, 3.8) is 0 Å². The Balaban J connectivity index is 2.19. The van der Waals surface area contributed by atoms with Crippen LogP contribution in [0.5, 0.6) is 0 Å². The number of anilines is 1. The summed E-state index contributed by atoms with van der Waals surface area (Å²) in [7, 11) is 0. The molecule has 0 aromatic heterocycles. The minimum Gasteiger partial charge on any atom is -0.306 e. The zero-order valence-electron chi connectivity index (χ0n) is 14.4. The minimum atomic E-state index is -1.79. The third-order valence-electron chi connectivity index (χ3n) is 3.82. The fourth-order valence-electron chi connectivity index (χ4n) is 2.43. The number of aryl methyl sites for hydroxylation is 2. The first-order valence-electron chi connectivity index (χ1n) is 7.79. The van der Waals surface area contributed by atoms with E-state index < -0.39 is 40.4 Å². The topological polar surface area (TPSA) is 53.5 Å². The zero-order chi connectivity index (χ0) is 19.4. The number of nitrogens with one attached hydrogen (secondary N) is 2. The number of urea groups is 1. The molecule has 26 heavy (non-hydrogen) atoms. The summed E-state index contributed by atoms with van der Waals surface area (Å²) in [5.41, 5.74) is 2.77. The molecule has 0 heterocycles. The number of hydrazone groups is 1. The number of carbonyl (C=O) groups is 1. The lowest BCUT2D eigenvalue weighted by atomic mass is 10.1. The number of hydrogen-bond donors (Lipinski definition) is 2. The van der Waals surface area contributed by atoms with Gasteiger partial charge in [0, 0.05) is 11.3 Å². The Morgan fingerprint density at radius 2 is 1.65 bits per heavy atom. The van der Waals surface area contributed by atoms with Crippen molar-refractivity contribution in [2.75, 3.05) is 5.32 Å². The summed E-state index contributed by atoms with van der Waals surface area (Å²) in [5.74, 6) is -6.33. The molecule has 0 spiro atoms. The van der Waals surface area contributed by atoms with Gasteiger partial charge in [-0.1, -0.05) is 25.1 Å². The van der Waals surface area contributed by atoms with Crippen LogP contribution < -0.4 is 10.7 Å². The Hall–Kier alpha value is -2.90. The third-order valence-corrected chi connectivity index (χ3v) is 3.82. The van der Waals surface area contributed by atoms with E-state index in [1.807, 2.05) is 11.5 Å². The van der Waals surface area contributed by atoms with E-state index in [0.29, 0.717) is 11.9 Å². The fraction of sp³-hybridized carbons (Fsp3) is 0.222. The lowest BCUT2D eigenvalue weighted by Crippen LogP contribution is -2.25. The Kier molecular flexibility index (Phi) is 5.97. The first kappa shape index (κ1) is 19.4. The number of rotatable bonds is 4. The molecule has 2 aromatic carbocycles. The lowest BCUT2D eigenvalue weighted by molar-refractivity contribution is 0.252. The van der Waals surface area contributed by atoms with Crippen LogP contribution >= 0.6 is 0 Å². The number of nitrogens with zero attached hydrogens (tertiary/aromatic N) is 1. The maximum atomic E-state index is 14.1. The van der Waals surface area contributed by atoms with Crippen LogP contribution in [0.4, 0.5) is 28.0 Å². The van der Waals surface area contributed by atoms with Gasteiger partial charge in [-0.3, -0.25) is 0 Å². The maximum Gasteiger partial charge on any atom is 0.339 e. The molecule has 4 nitrogen and oxygen atoms in total. The molecular formula is C18H17F4N3O. The quantitative estimate of drug-likeness (QED) is 0.269. The van der Waals surface area contributed by atoms with E-state index in [-0.39, 0.29) is 6.42 Å². The van der Waals surface area contributed by atoms with Gasteiger partial charge in [0.25, 0.3) is 0 Å². The van der Waals surface area contributed by atoms with Crippen LogP contribution in [-0.4, -0.2) is 12.2 Å². The summed E-state index contributed by atoms with van der Waals surface area (Å²) in [6, 6.07) is 4.66. The van der Waals surface area contributed by atoms with Crippen molar-refractivity contribution in [3.05, 3.63) is 63.7 Å². The Labute approximate surface area is 147 Å². The molecule has 2 amide bonds. The highest BCUT2D eigenvalue weighted by Crippen LogP contribution is 2.23. The highest BCUT2D eigenvalue weighted by atomic mass is 19.2. The number of amides is 2. The van der Waals surface area contributed by atoms with Crippen LogP contribution in [0.3, 0.4) is 0 Å². The molecule has 0 aliphatic heterocycles. The van der Waals surface area contributed by atoms with E-state index in [1.165, 1.54) is 6.92 Å². The van der Waals surface area contributed by atoms with E-state index in [4.69, 9.17) is 0 Å². The van der Waals surface area contributed by atoms with Crippen LogP contribution in [0.15, 0.2) is 23.3 Å². The summed E-state index contributed by atoms with van der Waals surface area (Å²) in [6.45, 7) is 4.99. The molecule has 0 radical (unpaired) electrons. The first-order valence-corrected chi connectivity index (χ1v) is 7.79. The van der Waals surface area contributed by atoms with Gasteiger partial charge in [-0.05, 0) is 31.4 Å². The van der Waals surface area contributed by atoms with Gasteiger partial charge in [0.05, 0.1) is 11.8 Å². The molecular weight excluding hydrogens is 350 g/mol. The summed E-state index contributed by atoms with van der Waals surface area (Å²) >= 11 is 0. The SMILES string of the molecule is CCc1c(F)c(F)c(F)c(/C=N/NC(=O)Nc2c(C)cccc2C)c1F. The van der Waals surface area contributed by atoms with Crippen molar-refractivity contribution in [3.8, 4) is 0 Å². The average Bonchev–Trinajstić information content (AvgIpc) is 2.60. The average molecular weight is 367 g/mol. The Morgan fingerprint density at radius 3 is 2.23 bits per heavy atom. The van der Waals surface area contributed by atoms with Gasteiger partial charge in [0.2, 0.25) is 0 Å². The molecule has 0 saturated carbocycles. The molecule has 0 fully saturated rings. The van der Waals surface area contributed by atoms with Crippen molar-refractivity contribution in [1.29, 1.82) is 0 Å². The minimum absolute atomic E-state index is 0.170. The molecule has 0 aliphatic carbocycles. The van der Waals surface area contributed by atoms with Crippen LogP contribution in [0.25, 0.3) is 0 Å². The zero-order valence-corrected chi connectivity index (χ0v) is 14.4. The summed E-state index contributed by atoms with van der Waals surface area (Å²) in [6.07, 6.45) is 0.423. The summed E-state index contributed by atoms with van der Waals surface area (Å²) < 4.78 is 54.8. The molecule has 0 unspecified atom stereocenters. The largest absolute Gasteiger partial charge is 0.339 e. The number of hydrogen-bond acceptors (Lipinski definition) is 2. The van der Waals surface area contributed by atoms with Gasteiger partial charge in [-0.25, -0.2) is 27.8 Å². The first-order chi connectivity index (χ1) is 12.3. The lowest BCUT2D eigenvalue weighted by Gasteiger charge is -2.11. The van der Waals surface area contributed by atoms with Crippen molar-refractivity contribution in [2.24, 2.45) is 5.10 Å². The van der Waals surface area contributed by atoms with E-state index in [0.717, 1.165) is 11.1 Å². The summed E-state index contributed by atoms with van der Waals surface area (Å²) in [4.78, 5) is 11.9. The van der Waals surface area contributed by atoms with Crippen LogP contribution in [0, 0.1) is 37.1 Å². The van der Waals surface area contributed by atoms with Crippen LogP contribution in [0.2, 0.25) is 0 Å². The Morgan fingerprint density at radius 1 is 1.04 bits per heavy atom. The maximum absolute atomic E-state index is 14.1. The van der Waals surface area contributed by atoms with E-state index in [1.54, 1.807) is 26.0 Å². The van der Waals surface area contributed by atoms with Crippen molar-refractivity contribution >= 4 is 17.9 Å². The number of halogens is 4. The van der Waals surface area contributed by atoms with Gasteiger partial charge >= 0.3 is 6.03 Å². The van der Waals surface area contributed by atoms with Crippen molar-refractivity contribution in [1.82, 2.24) is 5.43 Å². The molecule has 138 valence electrons. The highest BCUT2D eigenvalue weighted by Gasteiger charge is 2.23. The van der Waals surface area contributed by atoms with Gasteiger partial charge in [0.1, 0.15) is 5.82 Å². The molecule has 0 bridgehead atoms. The van der Waals surface area contributed by atoms with E-state index in [2.05, 4.69) is 10.4 Å². The van der Waals surface area contributed by atoms with Gasteiger partial charge in [0.15, 0.2) is 17.5 Å². The molecule has 0 atom stereocenters. The van der Waals surface area contributed by atoms with Crippen LogP contribution in [0.1, 0.15) is 29.2 Å². The van der Waals surface area contributed by atoms with E-state index >= 15 is 0 Å². The molecule has 0 saturated heterocycles. The number of benzene rings is 2. The normalized spacial score (nSPS) is 11.0. The molecule has 2 aromatic rings. The van der Waals surface area contributed by atoms with Crippen molar-refractivity contribution < 1.29 is 22.4 Å². The smallest absolute Gasteiger partial charge is 0.306 e. The highest BCUT2D eigenvalue weighted by molar-refractivity contribution is 5.92. The fourth-order valence-corrected chi connectivity index (χ4v) is 2.43. The van der Waals surface area contributed by atoms with Gasteiger partial charge in [-0.15, -0.1) is 0 Å². The third kappa shape index (κ3) is 3.84. The standard InChI is InChI=1S/C18H17F4N3O/c1-4-11-13(19)12(15(21)16(22)14(11)20)8-23-25-18(26)24-17-9(2)6-5-7-10(17)3/h5-8H,4H2,1-3H3,(H2,24,25,26)/b23-8+. The molecule has 2 N–H and O–H groups in total. The van der Waals surface area contributed by atoms with Crippen molar-refractivity contribution in [2.45, 2.75) is 27.2 Å². The second kappa shape index (κ2) is 7.99. The number of carbonyl (C=O) groups excluding carboxylic acids is 1. The molecule has 0 aliphatic rings. The van der Waals surface area contributed by atoms with Crippen LogP contribution in [-0.2, 0) is 6.42 Å². The Bertz CT molecular complexity index is 861. The van der Waals surface area contributed by atoms with E-state index in [9.17, 15) is 22.4 Å². The second-order valence-corrected chi connectivity index (χ2v) is 5.59. The summed E-state index contributed by atoms with van der Waals surface area (Å²) in [5, 5.41) is 5.96. The number of para-hydroxylation sites is 1. The molecule has 8 heteroatoms.